The molecule has 2 aromatic carbocycles. The molecule has 2 N–H and O–H groups in total. The molecule has 1 saturated heterocycles. The number of nitriles is 1. The van der Waals surface area contributed by atoms with Crippen molar-refractivity contribution in [2.24, 2.45) is 0 Å². The van der Waals surface area contributed by atoms with Crippen LogP contribution in [0.5, 0.6) is 0 Å². The van der Waals surface area contributed by atoms with Gasteiger partial charge in [0.25, 0.3) is 5.91 Å². The summed E-state index contributed by atoms with van der Waals surface area (Å²) in [4.78, 5) is 35.3. The lowest BCUT2D eigenvalue weighted by atomic mass is 9.94. The summed E-state index contributed by atoms with van der Waals surface area (Å²) in [5.41, 5.74) is 7.00. The van der Waals surface area contributed by atoms with Crippen LogP contribution in [0.1, 0.15) is 60.8 Å². The fraction of sp³-hybridized carbons (Fsp3) is 0.206. The molecule has 0 radical (unpaired) electrons. The maximum Gasteiger partial charge on any atom is 0.274 e. The van der Waals surface area contributed by atoms with Crippen molar-refractivity contribution in [1.82, 2.24) is 14.9 Å². The molecule has 2 aromatic heterocycles. The molecule has 1 aliphatic rings. The molecular formula is C34H30ClN5O3. The number of benzene rings is 2. The highest BCUT2D eigenvalue weighted by molar-refractivity contribution is 6.32. The number of amides is 1. The minimum absolute atomic E-state index is 0.284. The number of nitrogens with one attached hydrogen (secondary N) is 1. The monoisotopic (exact) mass is 591 g/mol. The highest BCUT2D eigenvalue weighted by atomic mass is 35.5. The molecule has 0 saturated carbocycles. The van der Waals surface area contributed by atoms with Gasteiger partial charge >= 0.3 is 0 Å². The Hall–Kier alpha value is -4.68. The van der Waals surface area contributed by atoms with E-state index in [1.165, 1.54) is 0 Å². The molecule has 9 heteroatoms. The summed E-state index contributed by atoms with van der Waals surface area (Å²) in [6.45, 7) is 5.88. The molecular weight excluding hydrogens is 562 g/mol. The SMILES string of the molecule is Cc1cc(/C=C/c2nccc(-c3cccc(NC(=O)c4ccc(CN5CC[C@@H](O)C5)cn4)c3C)c2C#N)c(Cl)cc1C=O. The van der Waals surface area contributed by atoms with Crippen LogP contribution in [0, 0.1) is 25.2 Å². The number of rotatable bonds is 8. The third kappa shape index (κ3) is 6.71. The zero-order valence-corrected chi connectivity index (χ0v) is 24.6. The van der Waals surface area contributed by atoms with Crippen molar-refractivity contribution in [2.75, 3.05) is 18.4 Å². The first kappa shape index (κ1) is 29.8. The van der Waals surface area contributed by atoms with Crippen LogP contribution in [0.4, 0.5) is 5.69 Å². The van der Waals surface area contributed by atoms with Crippen LogP contribution in [0.15, 0.2) is 60.9 Å². The van der Waals surface area contributed by atoms with Crippen LogP contribution in [-0.2, 0) is 6.54 Å². The van der Waals surface area contributed by atoms with E-state index < -0.39 is 0 Å². The number of pyridine rings is 2. The molecule has 0 spiro atoms. The maximum absolute atomic E-state index is 13.1. The fourth-order valence-electron chi connectivity index (χ4n) is 5.20. The minimum Gasteiger partial charge on any atom is -0.392 e. The largest absolute Gasteiger partial charge is 0.392 e. The predicted octanol–water partition coefficient (Wildman–Crippen LogP) is 6.09. The van der Waals surface area contributed by atoms with Gasteiger partial charge in [-0.2, -0.15) is 5.26 Å². The number of aliphatic hydroxyl groups excluding tert-OH is 1. The number of aldehydes is 1. The molecule has 0 unspecified atom stereocenters. The molecule has 43 heavy (non-hydrogen) atoms. The Morgan fingerprint density at radius 1 is 1.14 bits per heavy atom. The predicted molar refractivity (Wildman–Crippen MR) is 168 cm³/mol. The number of carbonyl (C=O) groups is 2. The van der Waals surface area contributed by atoms with Gasteiger partial charge < -0.3 is 10.4 Å². The second-order valence-corrected chi connectivity index (χ2v) is 11.0. The van der Waals surface area contributed by atoms with Gasteiger partial charge in [0, 0.05) is 53.9 Å². The number of anilines is 1. The summed E-state index contributed by atoms with van der Waals surface area (Å²) in [7, 11) is 0. The van der Waals surface area contributed by atoms with Crippen molar-refractivity contribution >= 4 is 41.6 Å². The van der Waals surface area contributed by atoms with E-state index in [-0.39, 0.29) is 12.0 Å². The molecule has 1 amide bonds. The van der Waals surface area contributed by atoms with E-state index >= 15 is 0 Å². The first-order valence-electron chi connectivity index (χ1n) is 13.9. The van der Waals surface area contributed by atoms with Crippen molar-refractivity contribution in [3.05, 3.63) is 111 Å². The van der Waals surface area contributed by atoms with E-state index in [2.05, 4.69) is 26.3 Å². The van der Waals surface area contributed by atoms with E-state index in [0.29, 0.717) is 57.4 Å². The third-order valence-electron chi connectivity index (χ3n) is 7.61. The van der Waals surface area contributed by atoms with E-state index in [1.807, 2.05) is 44.2 Å². The number of hydrogen-bond donors (Lipinski definition) is 2. The summed E-state index contributed by atoms with van der Waals surface area (Å²) in [5.74, 6) is -0.338. The molecule has 1 aliphatic heterocycles. The lowest BCUT2D eigenvalue weighted by molar-refractivity contribution is 0.102. The van der Waals surface area contributed by atoms with Gasteiger partial charge in [-0.05, 0) is 84.5 Å². The van der Waals surface area contributed by atoms with E-state index in [1.54, 1.807) is 42.7 Å². The first-order valence-corrected chi connectivity index (χ1v) is 14.2. The Morgan fingerprint density at radius 3 is 2.67 bits per heavy atom. The summed E-state index contributed by atoms with van der Waals surface area (Å²) in [6.07, 6.45) is 8.08. The molecule has 3 heterocycles. The van der Waals surface area contributed by atoms with Crippen molar-refractivity contribution < 1.29 is 14.7 Å². The van der Waals surface area contributed by atoms with Gasteiger partial charge in [-0.15, -0.1) is 0 Å². The Bertz CT molecular complexity index is 1760. The molecule has 0 aliphatic carbocycles. The van der Waals surface area contributed by atoms with Gasteiger partial charge in [-0.3, -0.25) is 24.5 Å². The first-order chi connectivity index (χ1) is 20.8. The van der Waals surface area contributed by atoms with Crippen molar-refractivity contribution in [1.29, 1.82) is 5.26 Å². The number of aliphatic hydroxyl groups is 1. The second kappa shape index (κ2) is 13.1. The average molecular weight is 592 g/mol. The number of hydrogen-bond acceptors (Lipinski definition) is 7. The lowest BCUT2D eigenvalue weighted by Crippen LogP contribution is -2.21. The van der Waals surface area contributed by atoms with Gasteiger partial charge in [0.15, 0.2) is 0 Å². The number of likely N-dealkylation sites (tertiary alicyclic amines) is 1. The lowest BCUT2D eigenvalue weighted by Gasteiger charge is -2.15. The zero-order chi connectivity index (χ0) is 30.5. The summed E-state index contributed by atoms with van der Waals surface area (Å²) >= 11 is 6.37. The van der Waals surface area contributed by atoms with Gasteiger partial charge in [-0.25, -0.2) is 0 Å². The van der Waals surface area contributed by atoms with E-state index in [0.717, 1.165) is 41.5 Å². The van der Waals surface area contributed by atoms with Gasteiger partial charge in [0.2, 0.25) is 0 Å². The van der Waals surface area contributed by atoms with Crippen LogP contribution in [-0.4, -0.2) is 51.4 Å². The molecule has 5 rings (SSSR count). The van der Waals surface area contributed by atoms with Crippen LogP contribution in [0.25, 0.3) is 23.3 Å². The molecule has 216 valence electrons. The summed E-state index contributed by atoms with van der Waals surface area (Å²) < 4.78 is 0. The fourth-order valence-corrected chi connectivity index (χ4v) is 5.44. The third-order valence-corrected chi connectivity index (χ3v) is 7.94. The topological polar surface area (TPSA) is 119 Å². The quantitative estimate of drug-likeness (QED) is 0.238. The number of carbonyl (C=O) groups excluding carboxylic acids is 2. The Balaban J connectivity index is 1.37. The normalized spacial score (nSPS) is 15.0. The van der Waals surface area contributed by atoms with Crippen molar-refractivity contribution in [2.45, 2.75) is 32.9 Å². The average Bonchev–Trinajstić information content (AvgIpc) is 3.42. The molecule has 0 bridgehead atoms. The highest BCUT2D eigenvalue weighted by Gasteiger charge is 2.20. The smallest absolute Gasteiger partial charge is 0.274 e. The number of β-amino-alcohol motifs (C(OH)–C–C–N with tert-alkyl or cyclic N) is 1. The Kier molecular flexibility index (Phi) is 9.07. The Morgan fingerprint density at radius 2 is 1.98 bits per heavy atom. The number of halogens is 1. The van der Waals surface area contributed by atoms with Crippen molar-refractivity contribution in [3.63, 3.8) is 0 Å². The van der Waals surface area contributed by atoms with Gasteiger partial charge in [-0.1, -0.05) is 35.9 Å². The molecule has 4 aromatic rings. The van der Waals surface area contributed by atoms with Gasteiger partial charge in [0.05, 0.1) is 17.4 Å². The molecule has 8 nitrogen and oxygen atoms in total. The van der Waals surface area contributed by atoms with E-state index in [4.69, 9.17) is 11.6 Å². The Labute approximate surface area is 255 Å². The second-order valence-electron chi connectivity index (χ2n) is 10.6. The standard InChI is InChI=1S/C34H30ClN5O3/c1-21-14-24(30(35)15-25(21)20-41)7-9-32-29(16-36)28(10-12-37-32)27-4-3-5-31(22(27)2)39-34(43)33-8-6-23(17-38-33)18-40-13-11-26(42)19-40/h3-10,12,14-15,17,20,26,42H,11,13,18-19H2,1-2H3,(H,39,43)/b9-7+/t26-/m1/s1. The van der Waals surface area contributed by atoms with E-state index in [9.17, 15) is 20.0 Å². The van der Waals surface area contributed by atoms with Gasteiger partial charge in [0.1, 0.15) is 18.0 Å². The van der Waals surface area contributed by atoms with Crippen LogP contribution in [0.3, 0.4) is 0 Å². The number of nitrogens with zero attached hydrogens (tertiary/aromatic N) is 4. The van der Waals surface area contributed by atoms with Crippen molar-refractivity contribution in [3.8, 4) is 17.2 Å². The van der Waals surface area contributed by atoms with Crippen LogP contribution < -0.4 is 5.32 Å². The summed E-state index contributed by atoms with van der Waals surface area (Å²) in [6, 6.07) is 16.6. The highest BCUT2D eigenvalue weighted by Crippen LogP contribution is 2.32. The maximum atomic E-state index is 13.1. The number of aryl methyl sites for hydroxylation is 1. The zero-order valence-electron chi connectivity index (χ0n) is 23.8. The minimum atomic E-state index is -0.338. The molecule has 1 fully saturated rings. The number of aromatic nitrogens is 2. The molecule has 1 atom stereocenters. The summed E-state index contributed by atoms with van der Waals surface area (Å²) in [5, 5.41) is 23.2. The van der Waals surface area contributed by atoms with Crippen LogP contribution in [0.2, 0.25) is 5.02 Å². The van der Waals surface area contributed by atoms with Crippen LogP contribution >= 0.6 is 11.6 Å².